The largest absolute Gasteiger partial charge is 0.397 e. The first-order chi connectivity index (χ1) is 8.06. The van der Waals surface area contributed by atoms with Crippen molar-refractivity contribution < 1.29 is 8.78 Å². The lowest BCUT2D eigenvalue weighted by Crippen LogP contribution is -1.99. The fraction of sp³-hybridized carbons (Fsp3) is 0.0769. The zero-order valence-corrected chi connectivity index (χ0v) is 9.30. The average Bonchev–Trinajstić information content (AvgIpc) is 2.28. The number of nitrogens with two attached hydrogens (primary N) is 1. The third kappa shape index (κ3) is 2.53. The van der Waals surface area contributed by atoms with Gasteiger partial charge in [-0.05, 0) is 42.8 Å². The molecule has 0 amide bonds. The molecule has 2 aromatic rings. The summed E-state index contributed by atoms with van der Waals surface area (Å²) in [5.74, 6) is -0.746. The topological polar surface area (TPSA) is 38.0 Å². The molecule has 0 spiro atoms. The molecule has 17 heavy (non-hydrogen) atoms. The van der Waals surface area contributed by atoms with Gasteiger partial charge in [-0.2, -0.15) is 0 Å². The molecule has 0 heterocycles. The highest BCUT2D eigenvalue weighted by Gasteiger charge is 2.04. The lowest BCUT2D eigenvalue weighted by molar-refractivity contribution is 0.628. The first-order valence-corrected chi connectivity index (χ1v) is 5.14. The zero-order valence-electron chi connectivity index (χ0n) is 9.30. The predicted molar refractivity (Wildman–Crippen MR) is 65.2 cm³/mol. The van der Waals surface area contributed by atoms with Crippen LogP contribution in [0.15, 0.2) is 36.4 Å². The van der Waals surface area contributed by atoms with E-state index < -0.39 is 5.82 Å². The van der Waals surface area contributed by atoms with Crippen molar-refractivity contribution in [2.24, 2.45) is 0 Å². The molecule has 88 valence electrons. The zero-order chi connectivity index (χ0) is 12.4. The summed E-state index contributed by atoms with van der Waals surface area (Å²) in [5, 5.41) is 2.92. The quantitative estimate of drug-likeness (QED) is 0.779. The van der Waals surface area contributed by atoms with Crippen LogP contribution in [0.3, 0.4) is 0 Å². The maximum atomic E-state index is 13.1. The highest BCUT2D eigenvalue weighted by Crippen LogP contribution is 2.26. The summed E-state index contributed by atoms with van der Waals surface area (Å²) in [6.07, 6.45) is 0. The van der Waals surface area contributed by atoms with Crippen LogP contribution in [0.1, 0.15) is 5.56 Å². The Morgan fingerprint density at radius 1 is 0.941 bits per heavy atom. The van der Waals surface area contributed by atoms with Crippen LogP contribution >= 0.6 is 0 Å². The summed E-state index contributed by atoms with van der Waals surface area (Å²) in [7, 11) is 0. The number of hydrogen-bond acceptors (Lipinski definition) is 2. The third-order valence-corrected chi connectivity index (χ3v) is 2.48. The minimum absolute atomic E-state index is 0.354. The molecular formula is C13H12F2N2. The molecule has 0 radical (unpaired) electrons. The molecule has 0 aliphatic rings. The normalized spacial score (nSPS) is 10.3. The molecule has 0 aromatic heterocycles. The van der Waals surface area contributed by atoms with Crippen molar-refractivity contribution in [3.8, 4) is 0 Å². The Hall–Kier alpha value is -2.10. The molecule has 3 N–H and O–H groups in total. The van der Waals surface area contributed by atoms with Gasteiger partial charge >= 0.3 is 0 Å². The molecule has 2 nitrogen and oxygen atoms in total. The second kappa shape index (κ2) is 4.41. The Bertz CT molecular complexity index is 504. The van der Waals surface area contributed by atoms with Gasteiger partial charge in [0.2, 0.25) is 0 Å². The number of anilines is 3. The Kier molecular flexibility index (Phi) is 2.95. The van der Waals surface area contributed by atoms with Crippen molar-refractivity contribution in [2.45, 2.75) is 6.92 Å². The predicted octanol–water partition coefficient (Wildman–Crippen LogP) is 3.60. The second-order valence-electron chi connectivity index (χ2n) is 3.82. The molecule has 2 rings (SSSR count). The van der Waals surface area contributed by atoms with E-state index in [0.717, 1.165) is 5.56 Å². The molecule has 0 saturated carbocycles. The van der Waals surface area contributed by atoms with Gasteiger partial charge in [0.15, 0.2) is 0 Å². The molecule has 0 saturated heterocycles. The molecule has 0 aliphatic heterocycles. The number of rotatable bonds is 2. The number of nitrogens with one attached hydrogen (secondary N) is 1. The Balaban J connectivity index is 2.37. The van der Waals surface area contributed by atoms with Gasteiger partial charge in [-0.25, -0.2) is 8.78 Å². The SMILES string of the molecule is Cc1ccc(F)cc1Nc1cc(F)ccc1N. The first kappa shape index (κ1) is 11.4. The molecule has 0 aliphatic carbocycles. The van der Waals surface area contributed by atoms with Gasteiger partial charge < -0.3 is 11.1 Å². The van der Waals surface area contributed by atoms with E-state index in [1.807, 2.05) is 6.92 Å². The summed E-state index contributed by atoms with van der Waals surface area (Å²) in [4.78, 5) is 0. The minimum atomic E-state index is -0.393. The number of aryl methyl sites for hydroxylation is 1. The summed E-state index contributed by atoms with van der Waals surface area (Å²) >= 11 is 0. The van der Waals surface area contributed by atoms with Crippen LogP contribution in [0.2, 0.25) is 0 Å². The van der Waals surface area contributed by atoms with E-state index in [1.54, 1.807) is 6.07 Å². The highest BCUT2D eigenvalue weighted by atomic mass is 19.1. The van der Waals surface area contributed by atoms with Crippen molar-refractivity contribution in [3.05, 3.63) is 53.6 Å². The molecule has 2 aromatic carbocycles. The van der Waals surface area contributed by atoms with Gasteiger partial charge in [-0.15, -0.1) is 0 Å². The van der Waals surface area contributed by atoms with Crippen molar-refractivity contribution >= 4 is 17.1 Å². The molecule has 0 bridgehead atoms. The average molecular weight is 234 g/mol. The van der Waals surface area contributed by atoms with E-state index in [1.165, 1.54) is 30.3 Å². The van der Waals surface area contributed by atoms with Crippen LogP contribution in [-0.2, 0) is 0 Å². The standard InChI is InChI=1S/C13H12F2N2/c1-8-2-3-9(14)6-12(8)17-13-7-10(15)4-5-11(13)16/h2-7,17H,16H2,1H3. The summed E-state index contributed by atoms with van der Waals surface area (Å²) in [6, 6.07) is 8.38. The lowest BCUT2D eigenvalue weighted by atomic mass is 10.2. The number of hydrogen-bond donors (Lipinski definition) is 2. The number of nitrogen functional groups attached to an aromatic ring is 1. The molecule has 0 fully saturated rings. The highest BCUT2D eigenvalue weighted by molar-refractivity contribution is 5.73. The monoisotopic (exact) mass is 234 g/mol. The van der Waals surface area contributed by atoms with Gasteiger partial charge in [-0.1, -0.05) is 6.07 Å². The van der Waals surface area contributed by atoms with E-state index >= 15 is 0 Å². The minimum Gasteiger partial charge on any atom is -0.397 e. The molecule has 0 unspecified atom stereocenters. The Morgan fingerprint density at radius 3 is 2.24 bits per heavy atom. The van der Waals surface area contributed by atoms with Crippen molar-refractivity contribution in [1.29, 1.82) is 0 Å². The van der Waals surface area contributed by atoms with Crippen LogP contribution in [-0.4, -0.2) is 0 Å². The van der Waals surface area contributed by atoms with Crippen LogP contribution < -0.4 is 11.1 Å². The van der Waals surface area contributed by atoms with Gasteiger partial charge in [0.05, 0.1) is 11.4 Å². The molecule has 4 heteroatoms. The van der Waals surface area contributed by atoms with Crippen molar-refractivity contribution in [3.63, 3.8) is 0 Å². The van der Waals surface area contributed by atoms with Crippen LogP contribution in [0.4, 0.5) is 25.8 Å². The van der Waals surface area contributed by atoms with E-state index in [9.17, 15) is 8.78 Å². The van der Waals surface area contributed by atoms with Gasteiger partial charge in [0.1, 0.15) is 11.6 Å². The Morgan fingerprint density at radius 2 is 1.53 bits per heavy atom. The van der Waals surface area contributed by atoms with E-state index in [-0.39, 0.29) is 5.82 Å². The number of benzene rings is 2. The Labute approximate surface area is 98.1 Å². The first-order valence-electron chi connectivity index (χ1n) is 5.14. The molecule has 0 atom stereocenters. The third-order valence-electron chi connectivity index (χ3n) is 2.48. The summed E-state index contributed by atoms with van der Waals surface area (Å²) in [5.41, 5.74) is 7.97. The smallest absolute Gasteiger partial charge is 0.125 e. The van der Waals surface area contributed by atoms with Crippen molar-refractivity contribution in [2.75, 3.05) is 11.1 Å². The van der Waals surface area contributed by atoms with Crippen LogP contribution in [0.25, 0.3) is 0 Å². The fourth-order valence-corrected chi connectivity index (χ4v) is 1.51. The van der Waals surface area contributed by atoms with E-state index in [2.05, 4.69) is 5.32 Å². The van der Waals surface area contributed by atoms with Gasteiger partial charge in [0, 0.05) is 5.69 Å². The fourth-order valence-electron chi connectivity index (χ4n) is 1.51. The van der Waals surface area contributed by atoms with Crippen LogP contribution in [0, 0.1) is 18.6 Å². The van der Waals surface area contributed by atoms with Gasteiger partial charge in [0.25, 0.3) is 0 Å². The summed E-state index contributed by atoms with van der Waals surface area (Å²) in [6.45, 7) is 1.83. The molecular weight excluding hydrogens is 222 g/mol. The maximum Gasteiger partial charge on any atom is 0.125 e. The lowest BCUT2D eigenvalue weighted by Gasteiger charge is -2.11. The van der Waals surface area contributed by atoms with E-state index in [4.69, 9.17) is 5.73 Å². The van der Waals surface area contributed by atoms with Crippen molar-refractivity contribution in [1.82, 2.24) is 0 Å². The van der Waals surface area contributed by atoms with Crippen LogP contribution in [0.5, 0.6) is 0 Å². The van der Waals surface area contributed by atoms with E-state index in [0.29, 0.717) is 17.1 Å². The van der Waals surface area contributed by atoms with Gasteiger partial charge in [-0.3, -0.25) is 0 Å². The maximum absolute atomic E-state index is 13.1. The summed E-state index contributed by atoms with van der Waals surface area (Å²) < 4.78 is 26.1. The number of halogens is 2. The second-order valence-corrected chi connectivity index (χ2v) is 3.82.